The normalized spacial score (nSPS) is 11.7. The van der Waals surface area contributed by atoms with Gasteiger partial charge in [0, 0.05) is 20.2 Å². The highest BCUT2D eigenvalue weighted by Gasteiger charge is 2.14. The molecular weight excluding hydrogens is 700 g/mol. The summed E-state index contributed by atoms with van der Waals surface area (Å²) in [6, 6.07) is 70.6. The lowest BCUT2D eigenvalue weighted by molar-refractivity contribution is 0.629. The molecule has 0 N–H and O–H groups in total. The zero-order valence-corrected chi connectivity index (χ0v) is 31.2. The second-order valence-corrected chi connectivity index (χ2v) is 15.7. The van der Waals surface area contributed by atoms with Crippen molar-refractivity contribution in [2.45, 2.75) is 0 Å². The first-order chi connectivity index (χ1) is 27.6. The highest BCUT2D eigenvalue weighted by atomic mass is 32.1. The smallest absolute Gasteiger partial charge is 0.124 e. The highest BCUT2D eigenvalue weighted by Crippen LogP contribution is 2.40. The number of thiophene rings is 1. The van der Waals surface area contributed by atoms with Gasteiger partial charge in [0.25, 0.3) is 0 Å². The molecule has 0 nitrogen and oxygen atoms in total. The summed E-state index contributed by atoms with van der Waals surface area (Å²) in [5.74, 6) is -0.249. The van der Waals surface area contributed by atoms with Gasteiger partial charge in [-0.3, -0.25) is 0 Å². The molecule has 0 amide bonds. The van der Waals surface area contributed by atoms with Crippen LogP contribution in [0.4, 0.5) is 4.39 Å². The Hall–Kier alpha value is -6.87. The molecule has 0 aliphatic heterocycles. The van der Waals surface area contributed by atoms with Crippen molar-refractivity contribution in [2.24, 2.45) is 0 Å². The number of benzene rings is 10. The van der Waals surface area contributed by atoms with E-state index < -0.39 is 0 Å². The lowest BCUT2D eigenvalue weighted by Crippen LogP contribution is -1.88. The van der Waals surface area contributed by atoms with Gasteiger partial charge in [-0.15, -0.1) is 11.3 Å². The minimum Gasteiger partial charge on any atom is -0.207 e. The van der Waals surface area contributed by atoms with Crippen LogP contribution in [0.2, 0.25) is 0 Å². The van der Waals surface area contributed by atoms with Crippen LogP contribution < -0.4 is 0 Å². The molecule has 0 saturated heterocycles. The molecule has 262 valence electrons. The molecular formula is C54H33FS. The summed E-state index contributed by atoms with van der Waals surface area (Å²) in [5, 5.41) is 9.89. The van der Waals surface area contributed by atoms with Crippen molar-refractivity contribution in [3.63, 3.8) is 0 Å². The fourth-order valence-electron chi connectivity index (χ4n) is 8.53. The quantitative estimate of drug-likeness (QED) is 0.155. The molecule has 0 spiro atoms. The van der Waals surface area contributed by atoms with E-state index in [0.29, 0.717) is 0 Å². The van der Waals surface area contributed by atoms with Crippen LogP contribution in [0.15, 0.2) is 200 Å². The van der Waals surface area contributed by atoms with E-state index >= 15 is 4.39 Å². The summed E-state index contributed by atoms with van der Waals surface area (Å²) in [7, 11) is 0. The summed E-state index contributed by atoms with van der Waals surface area (Å²) in [6.07, 6.45) is 0. The Labute approximate surface area is 328 Å². The molecule has 56 heavy (non-hydrogen) atoms. The van der Waals surface area contributed by atoms with E-state index in [4.69, 9.17) is 0 Å². The second kappa shape index (κ2) is 13.2. The van der Waals surface area contributed by atoms with E-state index in [0.717, 1.165) is 33.4 Å². The summed E-state index contributed by atoms with van der Waals surface area (Å²) in [5.41, 5.74) is 10.7. The molecule has 0 radical (unpaired) electrons. The number of rotatable bonds is 5. The first kappa shape index (κ1) is 32.6. The van der Waals surface area contributed by atoms with Gasteiger partial charge in [-0.05, 0) is 143 Å². The largest absolute Gasteiger partial charge is 0.207 e. The lowest BCUT2D eigenvalue weighted by atomic mass is 9.91. The lowest BCUT2D eigenvalue weighted by Gasteiger charge is -2.13. The van der Waals surface area contributed by atoms with Gasteiger partial charge in [-0.1, -0.05) is 146 Å². The van der Waals surface area contributed by atoms with Gasteiger partial charge in [0.1, 0.15) is 5.82 Å². The van der Waals surface area contributed by atoms with Gasteiger partial charge < -0.3 is 0 Å². The number of hydrogen-bond acceptors (Lipinski definition) is 1. The third-order valence-electron chi connectivity index (χ3n) is 11.3. The van der Waals surface area contributed by atoms with E-state index in [2.05, 4.69) is 188 Å². The monoisotopic (exact) mass is 732 g/mol. The van der Waals surface area contributed by atoms with E-state index in [1.165, 1.54) is 74.7 Å². The number of fused-ring (bicyclic) bond motifs is 9. The average Bonchev–Trinajstić information content (AvgIpc) is 3.64. The third-order valence-corrected chi connectivity index (χ3v) is 12.4. The number of hydrogen-bond donors (Lipinski definition) is 0. The molecule has 10 aromatic carbocycles. The highest BCUT2D eigenvalue weighted by molar-refractivity contribution is 7.25. The molecule has 11 aromatic rings. The molecule has 0 bridgehead atoms. The molecule has 0 aliphatic carbocycles. The fourth-order valence-corrected chi connectivity index (χ4v) is 9.67. The van der Waals surface area contributed by atoms with Crippen LogP contribution in [0.25, 0.3) is 108 Å². The fraction of sp³-hybridized carbons (Fsp3) is 0. The molecule has 0 aliphatic rings. The molecule has 1 aromatic heterocycles. The van der Waals surface area contributed by atoms with Crippen molar-refractivity contribution in [3.8, 4) is 55.6 Å². The Bertz CT molecular complexity index is 3270. The van der Waals surface area contributed by atoms with E-state index in [9.17, 15) is 0 Å². The second-order valence-electron chi connectivity index (χ2n) is 14.6. The average molecular weight is 733 g/mol. The predicted molar refractivity (Wildman–Crippen MR) is 239 cm³/mol. The predicted octanol–water partition coefficient (Wildman–Crippen LogP) is 16.0. The Kier molecular flexibility index (Phi) is 7.65. The van der Waals surface area contributed by atoms with Gasteiger partial charge in [-0.25, -0.2) is 4.39 Å². The van der Waals surface area contributed by atoms with Gasteiger partial charge in [0.15, 0.2) is 0 Å². The minimum atomic E-state index is -0.249. The first-order valence-electron chi connectivity index (χ1n) is 19.0. The van der Waals surface area contributed by atoms with Crippen molar-refractivity contribution < 1.29 is 4.39 Å². The van der Waals surface area contributed by atoms with Crippen molar-refractivity contribution >= 4 is 63.8 Å². The maximum atomic E-state index is 15.5. The maximum Gasteiger partial charge on any atom is 0.124 e. The Balaban J connectivity index is 0.979. The van der Waals surface area contributed by atoms with Gasteiger partial charge in [-0.2, -0.15) is 0 Å². The van der Waals surface area contributed by atoms with Crippen LogP contribution in [0.5, 0.6) is 0 Å². The zero-order chi connectivity index (χ0) is 37.2. The van der Waals surface area contributed by atoms with Gasteiger partial charge in [0.05, 0.1) is 0 Å². The van der Waals surface area contributed by atoms with Crippen LogP contribution in [0, 0.1) is 5.82 Å². The van der Waals surface area contributed by atoms with Crippen molar-refractivity contribution in [3.05, 3.63) is 206 Å². The van der Waals surface area contributed by atoms with Crippen LogP contribution in [0.1, 0.15) is 0 Å². The maximum absolute atomic E-state index is 15.5. The summed E-state index contributed by atoms with van der Waals surface area (Å²) in [6.45, 7) is 0. The molecule has 0 atom stereocenters. The zero-order valence-electron chi connectivity index (χ0n) is 30.3. The van der Waals surface area contributed by atoms with E-state index in [-0.39, 0.29) is 5.82 Å². The minimum absolute atomic E-state index is 0.249. The Morgan fingerprint density at radius 2 is 0.607 bits per heavy atom. The van der Waals surface area contributed by atoms with Crippen LogP contribution in [0.3, 0.4) is 0 Å². The topological polar surface area (TPSA) is 0 Å². The van der Waals surface area contributed by atoms with Crippen LogP contribution >= 0.6 is 11.3 Å². The molecule has 0 fully saturated rings. The summed E-state index contributed by atoms with van der Waals surface area (Å²) >= 11 is 1.85. The molecule has 0 saturated carbocycles. The Morgan fingerprint density at radius 3 is 1.21 bits per heavy atom. The van der Waals surface area contributed by atoms with Gasteiger partial charge in [0.2, 0.25) is 0 Å². The standard InChI is InChI=1S/C54H33FS/c55-44-30-42(29-43(31-44)37-22-24-49-47-14-5-4-12-45(47)46-13-6-7-15-48(46)52(49)32-37)36-20-18-35(19-21-36)40-26-39(34-10-2-1-3-11-34)27-41(28-40)38-23-25-51-50-16-8-9-17-53(50)56-54(51)33-38/h1-33H. The molecule has 11 rings (SSSR count). The third kappa shape index (κ3) is 5.57. The molecule has 1 heterocycles. The molecule has 2 heteroatoms. The van der Waals surface area contributed by atoms with Crippen LogP contribution in [-0.4, -0.2) is 0 Å². The van der Waals surface area contributed by atoms with Crippen LogP contribution in [-0.2, 0) is 0 Å². The number of halogens is 1. The van der Waals surface area contributed by atoms with Crippen molar-refractivity contribution in [2.75, 3.05) is 0 Å². The van der Waals surface area contributed by atoms with Crippen molar-refractivity contribution in [1.29, 1.82) is 0 Å². The van der Waals surface area contributed by atoms with Gasteiger partial charge >= 0.3 is 0 Å². The summed E-state index contributed by atoms with van der Waals surface area (Å²) < 4.78 is 18.1. The molecule has 0 unspecified atom stereocenters. The van der Waals surface area contributed by atoms with E-state index in [1.54, 1.807) is 12.1 Å². The SMILES string of the molecule is Fc1cc(-c2ccc(-c3cc(-c4ccccc4)cc(-c4ccc5c(c4)sc4ccccc45)c3)cc2)cc(-c2ccc3c4ccccc4c4ccccc4c3c2)c1. The summed E-state index contributed by atoms with van der Waals surface area (Å²) in [4.78, 5) is 0. The Morgan fingerprint density at radius 1 is 0.232 bits per heavy atom. The van der Waals surface area contributed by atoms with E-state index in [1.807, 2.05) is 11.3 Å². The first-order valence-corrected chi connectivity index (χ1v) is 19.8. The van der Waals surface area contributed by atoms with Crippen molar-refractivity contribution in [1.82, 2.24) is 0 Å².